The number of amides is 1. The molecule has 3 aromatic heterocycles. The molecule has 0 saturated carbocycles. The molecule has 0 atom stereocenters. The van der Waals surface area contributed by atoms with E-state index in [2.05, 4.69) is 15.4 Å². The van der Waals surface area contributed by atoms with Crippen LogP contribution in [0.15, 0.2) is 59.3 Å². The van der Waals surface area contributed by atoms with Gasteiger partial charge in [-0.25, -0.2) is 9.50 Å². The van der Waals surface area contributed by atoms with E-state index in [-0.39, 0.29) is 11.7 Å². The molecule has 0 unspecified atom stereocenters. The Morgan fingerprint density at radius 3 is 2.92 bits per heavy atom. The van der Waals surface area contributed by atoms with Gasteiger partial charge in [0.1, 0.15) is 0 Å². The Morgan fingerprint density at radius 1 is 1.27 bits per heavy atom. The monoisotopic (exact) mass is 368 g/mol. The second-order valence-corrected chi connectivity index (χ2v) is 5.84. The number of nitrogens with one attached hydrogen (secondary N) is 1. The molecule has 0 radical (unpaired) electrons. The minimum absolute atomic E-state index is 0.204. The molecule has 1 amide bonds. The second kappa shape index (κ2) is 6.53. The summed E-state index contributed by atoms with van der Waals surface area (Å²) in [5, 5.41) is 7.44. The fraction of sp³-hybridized carbons (Fsp3) is 0.0556. The number of hydrogen-bond acceptors (Lipinski definition) is 5. The summed E-state index contributed by atoms with van der Waals surface area (Å²) in [6.45, 7) is 0. The van der Waals surface area contributed by atoms with Crippen LogP contribution in [0.4, 0.5) is 5.69 Å². The van der Waals surface area contributed by atoms with Crippen LogP contribution in [0, 0.1) is 0 Å². The van der Waals surface area contributed by atoms with Crippen molar-refractivity contribution in [1.29, 1.82) is 0 Å². The number of rotatable bonds is 4. The zero-order chi connectivity index (χ0) is 18.1. The number of benzene rings is 1. The van der Waals surface area contributed by atoms with Crippen molar-refractivity contribution in [2.75, 3.05) is 12.4 Å². The lowest BCUT2D eigenvalue weighted by Crippen LogP contribution is -2.11. The molecular weight excluding hydrogens is 356 g/mol. The van der Waals surface area contributed by atoms with Gasteiger partial charge in [-0.05, 0) is 30.3 Å². The first-order valence-corrected chi connectivity index (χ1v) is 8.07. The van der Waals surface area contributed by atoms with Crippen LogP contribution in [0.3, 0.4) is 0 Å². The van der Waals surface area contributed by atoms with Crippen LogP contribution >= 0.6 is 11.6 Å². The highest BCUT2D eigenvalue weighted by Gasteiger charge is 2.13. The molecule has 4 rings (SSSR count). The van der Waals surface area contributed by atoms with E-state index >= 15 is 0 Å². The molecule has 130 valence electrons. The van der Waals surface area contributed by atoms with E-state index in [0.717, 1.165) is 5.56 Å². The maximum Gasteiger partial charge on any atom is 0.291 e. The number of methoxy groups -OCH3 is 1. The molecule has 4 aromatic rings. The van der Waals surface area contributed by atoms with Gasteiger partial charge in [0.15, 0.2) is 11.4 Å². The standard InChI is InChI=1S/C18H13ClN4O3/c1-25-17-7-6-16-20-14(10-23(16)22-17)11-4-5-12(19)13(9-11)21-18(24)15-3-2-8-26-15/h2-10H,1H3,(H,21,24). The number of imidazole rings is 1. The average Bonchev–Trinajstić information content (AvgIpc) is 3.32. The number of halogens is 1. The SMILES string of the molecule is COc1ccc2nc(-c3ccc(Cl)c(NC(=O)c4ccco4)c3)cn2n1. The molecule has 0 saturated heterocycles. The van der Waals surface area contributed by atoms with E-state index in [0.29, 0.717) is 27.9 Å². The highest BCUT2D eigenvalue weighted by Crippen LogP contribution is 2.29. The summed E-state index contributed by atoms with van der Waals surface area (Å²) >= 11 is 6.21. The zero-order valence-electron chi connectivity index (χ0n) is 13.6. The molecule has 0 aliphatic rings. The third kappa shape index (κ3) is 3.00. The number of ether oxygens (including phenoxy) is 1. The van der Waals surface area contributed by atoms with Gasteiger partial charge in [-0.3, -0.25) is 4.79 Å². The molecule has 1 aromatic carbocycles. The molecule has 26 heavy (non-hydrogen) atoms. The highest BCUT2D eigenvalue weighted by atomic mass is 35.5. The van der Waals surface area contributed by atoms with Crippen molar-refractivity contribution in [2.24, 2.45) is 0 Å². The minimum Gasteiger partial charge on any atom is -0.480 e. The Morgan fingerprint density at radius 2 is 2.15 bits per heavy atom. The van der Waals surface area contributed by atoms with Gasteiger partial charge in [0.25, 0.3) is 5.91 Å². The van der Waals surface area contributed by atoms with Gasteiger partial charge in [0, 0.05) is 11.6 Å². The summed E-state index contributed by atoms with van der Waals surface area (Å²) in [5.41, 5.74) is 2.62. The van der Waals surface area contributed by atoms with Crippen LogP contribution in [-0.4, -0.2) is 27.6 Å². The van der Waals surface area contributed by atoms with Crippen molar-refractivity contribution in [2.45, 2.75) is 0 Å². The molecule has 7 nitrogen and oxygen atoms in total. The van der Waals surface area contributed by atoms with Gasteiger partial charge < -0.3 is 14.5 Å². The number of furan rings is 1. The third-order valence-electron chi connectivity index (χ3n) is 3.76. The Bertz CT molecular complexity index is 1090. The number of hydrogen-bond donors (Lipinski definition) is 1. The topological polar surface area (TPSA) is 81.7 Å². The lowest BCUT2D eigenvalue weighted by atomic mass is 10.1. The summed E-state index contributed by atoms with van der Waals surface area (Å²) in [4.78, 5) is 16.7. The van der Waals surface area contributed by atoms with E-state index in [9.17, 15) is 4.79 Å². The summed E-state index contributed by atoms with van der Waals surface area (Å²) in [6, 6.07) is 12.0. The average molecular weight is 369 g/mol. The van der Waals surface area contributed by atoms with Crippen molar-refractivity contribution in [3.63, 3.8) is 0 Å². The Hall–Kier alpha value is -3.32. The molecule has 0 bridgehead atoms. The van der Waals surface area contributed by atoms with Crippen molar-refractivity contribution < 1.29 is 13.9 Å². The van der Waals surface area contributed by atoms with E-state index in [1.165, 1.54) is 6.26 Å². The first-order chi connectivity index (χ1) is 12.6. The third-order valence-corrected chi connectivity index (χ3v) is 4.09. The number of anilines is 1. The number of aromatic nitrogens is 3. The lowest BCUT2D eigenvalue weighted by Gasteiger charge is -2.07. The van der Waals surface area contributed by atoms with Crippen LogP contribution in [0.5, 0.6) is 5.88 Å². The number of carbonyl (C=O) groups excluding carboxylic acids is 1. The van der Waals surface area contributed by atoms with Crippen molar-refractivity contribution in [3.05, 3.63) is 65.7 Å². The van der Waals surface area contributed by atoms with Crippen molar-refractivity contribution in [1.82, 2.24) is 14.6 Å². The largest absolute Gasteiger partial charge is 0.480 e. The molecule has 0 fully saturated rings. The number of carbonyl (C=O) groups is 1. The Balaban J connectivity index is 1.68. The minimum atomic E-state index is -0.379. The first-order valence-electron chi connectivity index (χ1n) is 7.69. The first kappa shape index (κ1) is 16.2. The summed E-state index contributed by atoms with van der Waals surface area (Å²) in [5.74, 6) is 0.315. The Labute approximate surface area is 153 Å². The second-order valence-electron chi connectivity index (χ2n) is 5.43. The van der Waals surface area contributed by atoms with E-state index in [1.54, 1.807) is 48.2 Å². The molecular formula is C18H13ClN4O3. The van der Waals surface area contributed by atoms with Crippen LogP contribution in [0.2, 0.25) is 5.02 Å². The van der Waals surface area contributed by atoms with Crippen molar-refractivity contribution >= 4 is 28.8 Å². The molecule has 3 heterocycles. The quantitative estimate of drug-likeness (QED) is 0.590. The Kier molecular flexibility index (Phi) is 4.06. The lowest BCUT2D eigenvalue weighted by molar-refractivity contribution is 0.0996. The van der Waals surface area contributed by atoms with Crippen LogP contribution < -0.4 is 10.1 Å². The summed E-state index contributed by atoms with van der Waals surface area (Å²) in [7, 11) is 1.55. The zero-order valence-corrected chi connectivity index (χ0v) is 14.4. The maximum atomic E-state index is 12.2. The van der Waals surface area contributed by atoms with Gasteiger partial charge in [0.05, 0.1) is 36.0 Å². The molecule has 8 heteroatoms. The van der Waals surface area contributed by atoms with E-state index in [1.807, 2.05) is 12.1 Å². The fourth-order valence-electron chi connectivity index (χ4n) is 2.48. The number of fused-ring (bicyclic) bond motifs is 1. The summed E-state index contributed by atoms with van der Waals surface area (Å²) in [6.07, 6.45) is 3.21. The normalized spacial score (nSPS) is 10.8. The highest BCUT2D eigenvalue weighted by molar-refractivity contribution is 6.34. The van der Waals surface area contributed by atoms with Crippen molar-refractivity contribution in [3.8, 4) is 17.1 Å². The number of nitrogens with zero attached hydrogens (tertiary/aromatic N) is 3. The van der Waals surface area contributed by atoms with Gasteiger partial charge >= 0.3 is 0 Å². The smallest absolute Gasteiger partial charge is 0.291 e. The van der Waals surface area contributed by atoms with E-state index < -0.39 is 0 Å². The maximum absolute atomic E-state index is 12.2. The van der Waals surface area contributed by atoms with Crippen LogP contribution in [-0.2, 0) is 0 Å². The molecule has 0 spiro atoms. The fourth-order valence-corrected chi connectivity index (χ4v) is 2.65. The predicted octanol–water partition coefficient (Wildman–Crippen LogP) is 3.90. The van der Waals surface area contributed by atoms with Crippen LogP contribution in [0.25, 0.3) is 16.9 Å². The molecule has 0 aliphatic carbocycles. The van der Waals surface area contributed by atoms with Gasteiger partial charge in [0.2, 0.25) is 5.88 Å². The molecule has 0 aliphatic heterocycles. The summed E-state index contributed by atoms with van der Waals surface area (Å²) < 4.78 is 11.8. The van der Waals surface area contributed by atoms with Gasteiger partial charge in [-0.1, -0.05) is 17.7 Å². The van der Waals surface area contributed by atoms with Gasteiger partial charge in [-0.2, -0.15) is 0 Å². The van der Waals surface area contributed by atoms with Crippen LogP contribution in [0.1, 0.15) is 10.6 Å². The van der Waals surface area contributed by atoms with Gasteiger partial charge in [-0.15, -0.1) is 5.10 Å². The van der Waals surface area contributed by atoms with E-state index in [4.69, 9.17) is 20.8 Å². The molecule has 1 N–H and O–H groups in total. The predicted molar refractivity (Wildman–Crippen MR) is 96.6 cm³/mol.